The van der Waals surface area contributed by atoms with Crippen LogP contribution in [0.5, 0.6) is 11.5 Å². The minimum atomic E-state index is -0.448. The molecule has 0 bridgehead atoms. The van der Waals surface area contributed by atoms with E-state index in [1.54, 1.807) is 28.9 Å². The maximum absolute atomic E-state index is 13.4. The van der Waals surface area contributed by atoms with Gasteiger partial charge in [-0.3, -0.25) is 14.9 Å². The molecule has 0 saturated heterocycles. The summed E-state index contributed by atoms with van der Waals surface area (Å²) >= 11 is 2.39. The minimum Gasteiger partial charge on any atom is -0.457 e. The molecule has 3 aromatic carbocycles. The number of nitrogens with zero attached hydrogens (tertiary/aromatic N) is 3. The Kier molecular flexibility index (Phi) is 11.6. The number of alkyl halides is 1. The summed E-state index contributed by atoms with van der Waals surface area (Å²) in [5.41, 5.74) is 3.47. The summed E-state index contributed by atoms with van der Waals surface area (Å²) in [5, 5.41) is 17.4. The third kappa shape index (κ3) is 8.86. The molecule has 1 unspecified atom stereocenters. The first kappa shape index (κ1) is 34.3. The van der Waals surface area contributed by atoms with Crippen LogP contribution in [0.15, 0.2) is 85.1 Å². The lowest BCUT2D eigenvalue weighted by atomic mass is 10.1. The normalized spacial score (nSPS) is 11.5. The monoisotopic (exact) mass is 761 g/mol. The second-order valence-corrected chi connectivity index (χ2v) is 12.4. The molecule has 0 aliphatic heterocycles. The molecule has 0 fully saturated rings. The number of methoxy groups -OCH3 is 1. The van der Waals surface area contributed by atoms with Crippen LogP contribution in [0.3, 0.4) is 0 Å². The van der Waals surface area contributed by atoms with Gasteiger partial charge in [0.05, 0.1) is 27.5 Å². The Hall–Kier alpha value is -5.02. The number of carbonyl (C=O) groups is 3. The van der Waals surface area contributed by atoms with Gasteiger partial charge in [-0.25, -0.2) is 14.5 Å². The fourth-order valence-corrected chi connectivity index (χ4v) is 5.81. The quantitative estimate of drug-likeness (QED) is 0.0737. The molecule has 248 valence electrons. The van der Waals surface area contributed by atoms with Crippen molar-refractivity contribution >= 4 is 68.5 Å². The molecule has 0 radical (unpaired) electrons. The van der Waals surface area contributed by atoms with Crippen LogP contribution < -0.4 is 26.0 Å². The van der Waals surface area contributed by atoms with Gasteiger partial charge >= 0.3 is 6.03 Å². The van der Waals surface area contributed by atoms with Gasteiger partial charge in [0, 0.05) is 36.2 Å². The van der Waals surface area contributed by atoms with Crippen molar-refractivity contribution < 1.29 is 23.9 Å². The number of hydrogen-bond acceptors (Lipinski definition) is 7. The molecule has 13 heteroatoms. The molecule has 2 heterocycles. The van der Waals surface area contributed by atoms with E-state index in [-0.39, 0.29) is 22.9 Å². The first-order chi connectivity index (χ1) is 23.2. The highest BCUT2D eigenvalue weighted by atomic mass is 127. The van der Waals surface area contributed by atoms with Crippen LogP contribution in [-0.2, 0) is 14.3 Å². The average molecular weight is 762 g/mol. The predicted octanol–water partition coefficient (Wildman–Crippen LogP) is 7.14. The number of pyridine rings is 1. The molecular weight excluding hydrogens is 725 g/mol. The lowest BCUT2D eigenvalue weighted by Gasteiger charge is -2.15. The van der Waals surface area contributed by atoms with Crippen LogP contribution in [-0.4, -0.2) is 52.9 Å². The zero-order valence-corrected chi connectivity index (χ0v) is 28.9. The van der Waals surface area contributed by atoms with Crippen molar-refractivity contribution in [2.24, 2.45) is 0 Å². The maximum Gasteiger partial charge on any atom is 0.324 e. The number of nitrogens with one attached hydrogen (secondary N) is 4. The summed E-state index contributed by atoms with van der Waals surface area (Å²) in [6.45, 7) is 3.80. The fraction of sp³-hybridized carbons (Fsp3) is 0.229. The minimum absolute atomic E-state index is 0.138. The highest BCUT2D eigenvalue weighted by molar-refractivity contribution is 14.1. The molecule has 4 amide bonds. The molecule has 5 aromatic rings. The van der Waals surface area contributed by atoms with Crippen molar-refractivity contribution in [1.82, 2.24) is 20.1 Å². The van der Waals surface area contributed by atoms with E-state index in [1.807, 2.05) is 61.5 Å². The van der Waals surface area contributed by atoms with Gasteiger partial charge in [0.2, 0.25) is 11.8 Å². The largest absolute Gasteiger partial charge is 0.457 e. The molecule has 5 rings (SSSR count). The summed E-state index contributed by atoms with van der Waals surface area (Å²) in [4.78, 5) is 41.4. The zero-order valence-electron chi connectivity index (χ0n) is 26.7. The maximum atomic E-state index is 13.4. The Morgan fingerprint density at radius 3 is 2.44 bits per heavy atom. The smallest absolute Gasteiger partial charge is 0.324 e. The Morgan fingerprint density at radius 1 is 0.917 bits per heavy atom. The molecule has 2 aromatic heterocycles. The number of aromatic nitrogens is 3. The Morgan fingerprint density at radius 2 is 1.69 bits per heavy atom. The topological polar surface area (TPSA) is 148 Å². The highest BCUT2D eigenvalue weighted by Gasteiger charge is 2.18. The summed E-state index contributed by atoms with van der Waals surface area (Å²) < 4.78 is 12.9. The summed E-state index contributed by atoms with van der Waals surface area (Å²) in [5.74, 6) is 0.944. The van der Waals surface area contributed by atoms with E-state index in [0.29, 0.717) is 23.0 Å². The van der Waals surface area contributed by atoms with Gasteiger partial charge in [0.15, 0.2) is 0 Å². The number of carbonyl (C=O) groups excluding carboxylic acids is 3. The number of benzene rings is 3. The Labute approximate surface area is 291 Å². The molecule has 48 heavy (non-hydrogen) atoms. The van der Waals surface area contributed by atoms with Crippen LogP contribution in [0, 0.1) is 6.92 Å². The number of urea groups is 1. The molecule has 0 aliphatic rings. The fourth-order valence-electron chi connectivity index (χ4n) is 4.88. The van der Waals surface area contributed by atoms with Crippen molar-refractivity contribution in [3.63, 3.8) is 0 Å². The van der Waals surface area contributed by atoms with Crippen molar-refractivity contribution in [2.75, 3.05) is 36.2 Å². The summed E-state index contributed by atoms with van der Waals surface area (Å²) in [6.07, 6.45) is 3.50. The van der Waals surface area contributed by atoms with E-state index in [1.165, 1.54) is 13.3 Å². The molecule has 0 aliphatic carbocycles. The summed E-state index contributed by atoms with van der Waals surface area (Å²) in [6, 6.07) is 23.8. The summed E-state index contributed by atoms with van der Waals surface area (Å²) in [7, 11) is 1.40. The second kappa shape index (κ2) is 16.2. The van der Waals surface area contributed by atoms with Crippen molar-refractivity contribution in [1.29, 1.82) is 0 Å². The lowest BCUT2D eigenvalue weighted by molar-refractivity contribution is -0.127. The number of aryl methyl sites for hydroxylation is 1. The predicted molar refractivity (Wildman–Crippen MR) is 194 cm³/mol. The number of fused-ring (bicyclic) bond motifs is 1. The number of amides is 4. The van der Waals surface area contributed by atoms with E-state index in [4.69, 9.17) is 14.6 Å². The first-order valence-electron chi connectivity index (χ1n) is 15.3. The standard InChI is InChI=1S/C35H36IN7O5/c1-4-7-27(36)29-19-32(43(42-29)23-12-10-22(2)11-13-23)41-35(46)39-28-14-15-30(26-9-6-5-8-25(26)28)48-24-16-17-37-31(18-24)40-33(44)20-38-34(45)21-47-3/h5-6,8-19,27H,4,7,20-21H2,1-3H3,(H,38,45)(H,37,40,44)(H2,39,41,46). The van der Waals surface area contributed by atoms with Crippen LogP contribution in [0.1, 0.15) is 34.9 Å². The molecule has 0 saturated carbocycles. The van der Waals surface area contributed by atoms with Gasteiger partial charge in [-0.1, -0.05) is 77.9 Å². The van der Waals surface area contributed by atoms with E-state index < -0.39 is 17.8 Å². The van der Waals surface area contributed by atoms with Gasteiger partial charge in [-0.15, -0.1) is 0 Å². The number of anilines is 3. The molecule has 0 spiro atoms. The number of ether oxygens (including phenoxy) is 2. The molecular formula is C35H36IN7O5. The first-order valence-corrected chi connectivity index (χ1v) is 16.6. The van der Waals surface area contributed by atoms with Gasteiger partial charge in [0.1, 0.15) is 29.7 Å². The highest BCUT2D eigenvalue weighted by Crippen LogP contribution is 2.35. The number of rotatable bonds is 13. The van der Waals surface area contributed by atoms with Gasteiger partial charge < -0.3 is 25.4 Å². The van der Waals surface area contributed by atoms with Crippen molar-refractivity contribution in [2.45, 2.75) is 30.6 Å². The third-order valence-electron chi connectivity index (χ3n) is 7.19. The number of hydrogen-bond donors (Lipinski definition) is 4. The van der Waals surface area contributed by atoms with Gasteiger partial charge in [-0.05, 0) is 43.7 Å². The zero-order chi connectivity index (χ0) is 34.0. The Balaban J connectivity index is 1.32. The van der Waals surface area contributed by atoms with Crippen LogP contribution in [0.2, 0.25) is 0 Å². The van der Waals surface area contributed by atoms with E-state index in [9.17, 15) is 14.4 Å². The van der Waals surface area contributed by atoms with Gasteiger partial charge in [0.25, 0.3) is 0 Å². The molecule has 12 nitrogen and oxygen atoms in total. The second-order valence-electron chi connectivity index (χ2n) is 10.9. The van der Waals surface area contributed by atoms with Gasteiger partial charge in [-0.2, -0.15) is 5.10 Å². The molecule has 4 N–H and O–H groups in total. The van der Waals surface area contributed by atoms with E-state index in [0.717, 1.165) is 40.6 Å². The molecule has 1 atom stereocenters. The SMILES string of the molecule is CCCC(I)c1cc(NC(=O)Nc2ccc(Oc3ccnc(NC(=O)CNC(=O)COC)c3)c3ccccc23)n(-c2ccc(C)cc2)n1. The van der Waals surface area contributed by atoms with Crippen LogP contribution in [0.4, 0.5) is 22.1 Å². The van der Waals surface area contributed by atoms with Crippen molar-refractivity contribution in [3.05, 3.63) is 96.3 Å². The van der Waals surface area contributed by atoms with E-state index in [2.05, 4.69) is 55.8 Å². The van der Waals surface area contributed by atoms with Crippen molar-refractivity contribution in [3.8, 4) is 17.2 Å². The number of halogens is 1. The van der Waals surface area contributed by atoms with Crippen LogP contribution in [0.25, 0.3) is 16.5 Å². The Bertz CT molecular complexity index is 1910. The lowest BCUT2D eigenvalue weighted by Crippen LogP contribution is -2.35. The van der Waals surface area contributed by atoms with E-state index >= 15 is 0 Å². The average Bonchev–Trinajstić information content (AvgIpc) is 3.49. The van der Waals surface area contributed by atoms with Crippen LogP contribution >= 0.6 is 22.6 Å². The third-order valence-corrected chi connectivity index (χ3v) is 8.45.